The molecule has 1 saturated heterocycles. The predicted octanol–water partition coefficient (Wildman–Crippen LogP) is 3.26. The largest absolute Gasteiger partial charge is 0.379 e. The number of nitrogens with one attached hydrogen (secondary N) is 1. The molecule has 148 valence electrons. The highest BCUT2D eigenvalue weighted by molar-refractivity contribution is 8.02. The molecular formula is C20H22N2O4S2. The molecule has 0 spiro atoms. The highest BCUT2D eigenvalue weighted by atomic mass is 32.2. The lowest BCUT2D eigenvalue weighted by molar-refractivity contribution is -0.111. The van der Waals surface area contributed by atoms with Crippen LogP contribution in [0.5, 0.6) is 0 Å². The molecular weight excluding hydrogens is 396 g/mol. The van der Waals surface area contributed by atoms with Gasteiger partial charge in [-0.3, -0.25) is 4.79 Å². The Balaban J connectivity index is 1.69. The van der Waals surface area contributed by atoms with Crippen LogP contribution in [0.15, 0.2) is 69.8 Å². The summed E-state index contributed by atoms with van der Waals surface area (Å²) in [5.74, 6) is -0.318. The molecule has 0 radical (unpaired) electrons. The molecule has 0 unspecified atom stereocenters. The van der Waals surface area contributed by atoms with Crippen molar-refractivity contribution in [3.05, 3.63) is 65.6 Å². The Morgan fingerprint density at radius 2 is 1.86 bits per heavy atom. The average molecular weight is 419 g/mol. The fourth-order valence-electron chi connectivity index (χ4n) is 2.74. The minimum Gasteiger partial charge on any atom is -0.379 e. The van der Waals surface area contributed by atoms with Crippen molar-refractivity contribution in [2.75, 3.05) is 31.6 Å². The Labute approximate surface area is 169 Å². The van der Waals surface area contributed by atoms with Crippen LogP contribution in [0.3, 0.4) is 0 Å². The molecule has 28 heavy (non-hydrogen) atoms. The van der Waals surface area contributed by atoms with Crippen molar-refractivity contribution < 1.29 is 17.9 Å². The number of thioether (sulfide) groups is 1. The van der Waals surface area contributed by atoms with Gasteiger partial charge < -0.3 is 10.1 Å². The zero-order valence-corrected chi connectivity index (χ0v) is 17.1. The number of nitrogens with zero attached hydrogens (tertiary/aromatic N) is 1. The van der Waals surface area contributed by atoms with Gasteiger partial charge in [0.2, 0.25) is 15.9 Å². The van der Waals surface area contributed by atoms with Crippen LogP contribution in [-0.2, 0) is 19.6 Å². The average Bonchev–Trinajstić information content (AvgIpc) is 2.71. The summed E-state index contributed by atoms with van der Waals surface area (Å²) in [4.78, 5) is 13.4. The van der Waals surface area contributed by atoms with Crippen LogP contribution in [0.25, 0.3) is 0 Å². The lowest BCUT2D eigenvalue weighted by Crippen LogP contribution is -2.40. The lowest BCUT2D eigenvalue weighted by atomic mass is 10.2. The SMILES string of the molecule is Cc1ccc(NC(=O)/C=C/Sc2ccccc2)cc1S(=O)(=O)N1CCOCC1. The van der Waals surface area contributed by atoms with E-state index in [-0.39, 0.29) is 10.8 Å². The number of hydrogen-bond acceptors (Lipinski definition) is 5. The van der Waals surface area contributed by atoms with Crippen LogP contribution in [0.4, 0.5) is 5.69 Å². The standard InChI is InChI=1S/C20H22N2O4S2/c1-16-7-8-17(15-19(16)28(24,25)22-10-12-26-13-11-22)21-20(23)9-14-27-18-5-3-2-4-6-18/h2-9,14-15H,10-13H2,1H3,(H,21,23)/b14-9+. The molecule has 2 aromatic carbocycles. The number of morpholine rings is 1. The van der Waals surface area contributed by atoms with E-state index in [4.69, 9.17) is 4.74 Å². The van der Waals surface area contributed by atoms with Crippen LogP contribution >= 0.6 is 11.8 Å². The van der Waals surface area contributed by atoms with E-state index in [1.54, 1.807) is 24.5 Å². The topological polar surface area (TPSA) is 75.7 Å². The molecule has 0 aliphatic carbocycles. The van der Waals surface area contributed by atoms with Gasteiger partial charge >= 0.3 is 0 Å². The van der Waals surface area contributed by atoms with Crippen molar-refractivity contribution in [2.45, 2.75) is 16.7 Å². The van der Waals surface area contributed by atoms with E-state index in [1.165, 1.54) is 28.2 Å². The lowest BCUT2D eigenvalue weighted by Gasteiger charge is -2.26. The summed E-state index contributed by atoms with van der Waals surface area (Å²) in [5.41, 5.74) is 1.08. The molecule has 1 fully saturated rings. The molecule has 1 aliphatic rings. The number of anilines is 1. The van der Waals surface area contributed by atoms with Gasteiger partial charge in [-0.2, -0.15) is 4.31 Å². The summed E-state index contributed by atoms with van der Waals surface area (Å²) in [5, 5.41) is 4.42. The zero-order chi connectivity index (χ0) is 20.0. The van der Waals surface area contributed by atoms with Crippen LogP contribution in [-0.4, -0.2) is 44.9 Å². The summed E-state index contributed by atoms with van der Waals surface area (Å²) in [6.07, 6.45) is 1.42. The molecule has 0 atom stereocenters. The summed E-state index contributed by atoms with van der Waals surface area (Å²) < 4.78 is 32.5. The van der Waals surface area contributed by atoms with Crippen LogP contribution < -0.4 is 5.32 Å². The minimum absolute atomic E-state index is 0.204. The summed E-state index contributed by atoms with van der Waals surface area (Å²) >= 11 is 1.43. The Morgan fingerprint density at radius 1 is 1.14 bits per heavy atom. The maximum atomic E-state index is 12.9. The van der Waals surface area contributed by atoms with Gasteiger partial charge in [-0.1, -0.05) is 36.0 Å². The third kappa shape index (κ3) is 5.23. The quantitative estimate of drug-likeness (QED) is 0.576. The zero-order valence-electron chi connectivity index (χ0n) is 15.5. The second kappa shape index (κ2) is 9.38. The second-order valence-electron chi connectivity index (χ2n) is 6.22. The van der Waals surface area contributed by atoms with Crippen molar-refractivity contribution >= 4 is 33.4 Å². The van der Waals surface area contributed by atoms with E-state index in [9.17, 15) is 13.2 Å². The molecule has 6 nitrogen and oxygen atoms in total. The normalized spacial score (nSPS) is 15.6. The van der Waals surface area contributed by atoms with Gasteiger partial charge in [0, 0.05) is 29.7 Å². The molecule has 1 aliphatic heterocycles. The van der Waals surface area contributed by atoms with Crippen molar-refractivity contribution in [3.8, 4) is 0 Å². The number of sulfonamides is 1. The maximum absolute atomic E-state index is 12.9. The molecule has 3 rings (SSSR count). The van der Waals surface area contributed by atoms with Crippen LogP contribution in [0.2, 0.25) is 0 Å². The number of carbonyl (C=O) groups is 1. The first-order valence-corrected chi connectivity index (χ1v) is 11.2. The molecule has 2 aromatic rings. The van der Waals surface area contributed by atoms with Gasteiger partial charge in [0.15, 0.2) is 0 Å². The smallest absolute Gasteiger partial charge is 0.248 e. The Bertz CT molecular complexity index is 953. The van der Waals surface area contributed by atoms with Gasteiger partial charge in [0.1, 0.15) is 0 Å². The Hall–Kier alpha value is -2.13. The molecule has 8 heteroatoms. The molecule has 0 aromatic heterocycles. The van der Waals surface area contributed by atoms with Crippen molar-refractivity contribution in [1.29, 1.82) is 0 Å². The van der Waals surface area contributed by atoms with E-state index in [0.717, 1.165) is 4.90 Å². The van der Waals surface area contributed by atoms with E-state index in [1.807, 2.05) is 30.3 Å². The van der Waals surface area contributed by atoms with Gasteiger partial charge in [-0.15, -0.1) is 0 Å². The summed E-state index contributed by atoms with van der Waals surface area (Å²) in [7, 11) is -3.62. The van der Waals surface area contributed by atoms with E-state index < -0.39 is 10.0 Å². The molecule has 0 saturated carbocycles. The maximum Gasteiger partial charge on any atom is 0.248 e. The van der Waals surface area contributed by atoms with Gasteiger partial charge in [-0.25, -0.2) is 8.42 Å². The fraction of sp³-hybridized carbons (Fsp3) is 0.250. The van der Waals surface area contributed by atoms with Crippen LogP contribution in [0.1, 0.15) is 5.56 Å². The van der Waals surface area contributed by atoms with Crippen LogP contribution in [0, 0.1) is 6.92 Å². The Kier molecular flexibility index (Phi) is 6.90. The number of carbonyl (C=O) groups excluding carboxylic acids is 1. The van der Waals surface area contributed by atoms with Gasteiger partial charge in [-0.05, 0) is 42.2 Å². The highest BCUT2D eigenvalue weighted by Gasteiger charge is 2.28. The molecule has 1 heterocycles. The Morgan fingerprint density at radius 3 is 2.57 bits per heavy atom. The predicted molar refractivity (Wildman–Crippen MR) is 111 cm³/mol. The van der Waals surface area contributed by atoms with Crippen molar-refractivity contribution in [2.24, 2.45) is 0 Å². The summed E-state index contributed by atoms with van der Waals surface area (Å²) in [6, 6.07) is 14.6. The highest BCUT2D eigenvalue weighted by Crippen LogP contribution is 2.24. The molecule has 1 amide bonds. The minimum atomic E-state index is -3.62. The number of aryl methyl sites for hydroxylation is 1. The van der Waals surface area contributed by atoms with E-state index in [2.05, 4.69) is 5.32 Å². The first-order chi connectivity index (χ1) is 13.5. The monoisotopic (exact) mass is 418 g/mol. The van der Waals surface area contributed by atoms with Crippen molar-refractivity contribution in [3.63, 3.8) is 0 Å². The molecule has 0 bridgehead atoms. The third-order valence-corrected chi connectivity index (χ3v) is 7.07. The molecule has 1 N–H and O–H groups in total. The number of ether oxygens (including phenoxy) is 1. The number of amides is 1. The van der Waals surface area contributed by atoms with Gasteiger partial charge in [0.25, 0.3) is 0 Å². The third-order valence-electron chi connectivity index (χ3n) is 4.21. The fourth-order valence-corrected chi connectivity index (χ4v) is 5.06. The van der Waals surface area contributed by atoms with E-state index in [0.29, 0.717) is 37.6 Å². The van der Waals surface area contributed by atoms with Gasteiger partial charge in [0.05, 0.1) is 18.1 Å². The second-order valence-corrected chi connectivity index (χ2v) is 9.11. The number of hydrogen-bond donors (Lipinski definition) is 1. The number of rotatable bonds is 6. The first kappa shape index (κ1) is 20.6. The number of benzene rings is 2. The van der Waals surface area contributed by atoms with E-state index >= 15 is 0 Å². The summed E-state index contributed by atoms with van der Waals surface area (Å²) in [6.45, 7) is 3.18. The first-order valence-electron chi connectivity index (χ1n) is 8.84. The van der Waals surface area contributed by atoms with Crippen molar-refractivity contribution in [1.82, 2.24) is 4.31 Å².